The van der Waals surface area contributed by atoms with Crippen molar-refractivity contribution < 1.29 is 4.52 Å². The predicted octanol–water partition coefficient (Wildman–Crippen LogP) is 1.44. The summed E-state index contributed by atoms with van der Waals surface area (Å²) in [5.74, 6) is 0. The molecule has 1 aromatic carbocycles. The Morgan fingerprint density at radius 2 is 2.31 bits per heavy atom. The molecule has 0 unspecified atom stereocenters. The number of hydrogen-bond donors (Lipinski definition) is 1. The Bertz CT molecular complexity index is 652. The smallest absolute Gasteiger partial charge is 0.169 e. The molecule has 0 amide bonds. The lowest BCUT2D eigenvalue weighted by Crippen LogP contribution is -2.10. The fourth-order valence-electron chi connectivity index (χ4n) is 2.04. The minimum atomic E-state index is 0.567. The normalized spacial score (nSPS) is 11.6. The first-order valence-corrected chi connectivity index (χ1v) is 5.22. The Hall–Kier alpha value is -1.88. The molecule has 0 saturated carbocycles. The number of fused-ring (bicyclic) bond motifs is 3. The van der Waals surface area contributed by atoms with Crippen LogP contribution in [0.25, 0.3) is 21.9 Å². The van der Waals surface area contributed by atoms with Crippen molar-refractivity contribution in [2.45, 2.75) is 13.5 Å². The zero-order valence-electron chi connectivity index (χ0n) is 8.97. The first-order valence-electron chi connectivity index (χ1n) is 5.22. The molecule has 3 rings (SSSR count). The van der Waals surface area contributed by atoms with Gasteiger partial charge in [-0.15, -0.1) is 0 Å². The number of aromatic nitrogens is 3. The van der Waals surface area contributed by atoms with Gasteiger partial charge in [-0.2, -0.15) is 5.10 Å². The van der Waals surface area contributed by atoms with E-state index in [1.54, 1.807) is 0 Å². The fraction of sp³-hybridized carbons (Fsp3) is 0.273. The molecule has 3 aromatic rings. The summed E-state index contributed by atoms with van der Waals surface area (Å²) in [6.07, 6.45) is 1.84. The van der Waals surface area contributed by atoms with Gasteiger partial charge in [0.2, 0.25) is 0 Å². The van der Waals surface area contributed by atoms with Gasteiger partial charge in [0.05, 0.1) is 29.3 Å². The van der Waals surface area contributed by atoms with Gasteiger partial charge in [-0.3, -0.25) is 4.68 Å². The van der Waals surface area contributed by atoms with Crippen LogP contribution in [-0.4, -0.2) is 21.5 Å². The van der Waals surface area contributed by atoms with Crippen LogP contribution in [0.3, 0.4) is 0 Å². The third-order valence-corrected chi connectivity index (χ3v) is 2.75. The molecule has 0 aliphatic heterocycles. The topological polar surface area (TPSA) is 69.9 Å². The third kappa shape index (κ3) is 1.15. The van der Waals surface area contributed by atoms with Gasteiger partial charge in [-0.25, -0.2) is 0 Å². The van der Waals surface area contributed by atoms with Crippen LogP contribution in [0.15, 0.2) is 22.9 Å². The Labute approximate surface area is 91.8 Å². The van der Waals surface area contributed by atoms with Crippen LogP contribution in [0.1, 0.15) is 5.69 Å². The molecule has 0 aliphatic carbocycles. The first-order chi connectivity index (χ1) is 7.81. The molecule has 2 aromatic heterocycles. The monoisotopic (exact) mass is 216 g/mol. The van der Waals surface area contributed by atoms with Crippen LogP contribution in [-0.2, 0) is 6.54 Å². The second-order valence-corrected chi connectivity index (χ2v) is 3.80. The number of nitrogens with zero attached hydrogens (tertiary/aromatic N) is 3. The van der Waals surface area contributed by atoms with Crippen molar-refractivity contribution in [2.75, 3.05) is 6.54 Å². The van der Waals surface area contributed by atoms with Crippen molar-refractivity contribution in [1.82, 2.24) is 14.9 Å². The minimum absolute atomic E-state index is 0.567. The molecule has 2 N–H and O–H groups in total. The highest BCUT2D eigenvalue weighted by Crippen LogP contribution is 2.27. The van der Waals surface area contributed by atoms with Crippen LogP contribution in [0.4, 0.5) is 0 Å². The van der Waals surface area contributed by atoms with E-state index in [0.29, 0.717) is 13.1 Å². The Morgan fingerprint density at radius 1 is 1.44 bits per heavy atom. The van der Waals surface area contributed by atoms with Crippen LogP contribution in [0.5, 0.6) is 0 Å². The van der Waals surface area contributed by atoms with Gasteiger partial charge in [0.1, 0.15) is 0 Å². The van der Waals surface area contributed by atoms with E-state index in [0.717, 1.165) is 27.6 Å². The molecular weight excluding hydrogens is 204 g/mol. The highest BCUT2D eigenvalue weighted by molar-refractivity contribution is 6.04. The molecule has 2 heterocycles. The lowest BCUT2D eigenvalue weighted by molar-refractivity contribution is 0.450. The largest absolute Gasteiger partial charge is 0.356 e. The van der Waals surface area contributed by atoms with Crippen molar-refractivity contribution >= 4 is 21.9 Å². The van der Waals surface area contributed by atoms with Gasteiger partial charge in [-0.05, 0) is 19.1 Å². The van der Waals surface area contributed by atoms with Gasteiger partial charge < -0.3 is 10.3 Å². The summed E-state index contributed by atoms with van der Waals surface area (Å²) in [7, 11) is 0. The van der Waals surface area contributed by atoms with Gasteiger partial charge >= 0.3 is 0 Å². The molecule has 0 aliphatic rings. The van der Waals surface area contributed by atoms with Gasteiger partial charge in [0.15, 0.2) is 5.58 Å². The summed E-state index contributed by atoms with van der Waals surface area (Å²) < 4.78 is 7.14. The summed E-state index contributed by atoms with van der Waals surface area (Å²) >= 11 is 0. The number of rotatable bonds is 2. The molecule has 0 radical (unpaired) electrons. The lowest BCUT2D eigenvalue weighted by atomic mass is 10.1. The number of hydrogen-bond acceptors (Lipinski definition) is 4. The van der Waals surface area contributed by atoms with Crippen LogP contribution >= 0.6 is 0 Å². The second kappa shape index (κ2) is 3.31. The van der Waals surface area contributed by atoms with Gasteiger partial charge in [-0.1, -0.05) is 5.16 Å². The third-order valence-electron chi connectivity index (χ3n) is 2.75. The van der Waals surface area contributed by atoms with E-state index in [9.17, 15) is 0 Å². The predicted molar refractivity (Wildman–Crippen MR) is 61.1 cm³/mol. The van der Waals surface area contributed by atoms with E-state index < -0.39 is 0 Å². The number of benzene rings is 1. The molecule has 0 atom stereocenters. The number of nitrogens with two attached hydrogens (primary N) is 1. The molecule has 82 valence electrons. The quantitative estimate of drug-likeness (QED) is 0.703. The summed E-state index contributed by atoms with van der Waals surface area (Å²) in [4.78, 5) is 0. The second-order valence-electron chi connectivity index (χ2n) is 3.80. The highest BCUT2D eigenvalue weighted by atomic mass is 16.5. The van der Waals surface area contributed by atoms with Gasteiger partial charge in [0.25, 0.3) is 0 Å². The molecule has 5 nitrogen and oxygen atoms in total. The summed E-state index contributed by atoms with van der Waals surface area (Å²) in [5, 5.41) is 10.4. The molecule has 16 heavy (non-hydrogen) atoms. The van der Waals surface area contributed by atoms with E-state index in [2.05, 4.69) is 10.3 Å². The molecule has 0 saturated heterocycles. The zero-order valence-corrected chi connectivity index (χ0v) is 8.97. The average molecular weight is 216 g/mol. The van der Waals surface area contributed by atoms with Crippen LogP contribution in [0, 0.1) is 6.92 Å². The molecular formula is C11H12N4O. The lowest BCUT2D eigenvalue weighted by Gasteiger charge is -2.01. The van der Waals surface area contributed by atoms with Crippen molar-refractivity contribution in [1.29, 1.82) is 0 Å². The van der Waals surface area contributed by atoms with E-state index in [1.807, 2.05) is 29.9 Å². The van der Waals surface area contributed by atoms with Crippen molar-refractivity contribution in [2.24, 2.45) is 5.73 Å². The van der Waals surface area contributed by atoms with Gasteiger partial charge in [0, 0.05) is 11.9 Å². The molecule has 0 spiro atoms. The summed E-state index contributed by atoms with van der Waals surface area (Å²) in [6, 6.07) is 3.91. The maximum atomic E-state index is 5.57. The maximum absolute atomic E-state index is 5.57. The number of aryl methyl sites for hydroxylation is 1. The maximum Gasteiger partial charge on any atom is 0.169 e. The molecule has 0 bridgehead atoms. The highest BCUT2D eigenvalue weighted by Gasteiger charge is 2.12. The standard InChI is InChI=1S/C11H12N4O/c1-7-10-9(16-14-7)3-2-8-6-13-15(5-4-12)11(8)10/h2-3,6H,4-5,12H2,1H3. The fourth-order valence-corrected chi connectivity index (χ4v) is 2.04. The van der Waals surface area contributed by atoms with Crippen molar-refractivity contribution in [3.63, 3.8) is 0 Å². The first kappa shape index (κ1) is 9.35. The average Bonchev–Trinajstić information content (AvgIpc) is 2.84. The van der Waals surface area contributed by atoms with Crippen molar-refractivity contribution in [3.05, 3.63) is 24.0 Å². The Balaban J connectivity index is 2.45. The van der Waals surface area contributed by atoms with E-state index in [-0.39, 0.29) is 0 Å². The van der Waals surface area contributed by atoms with Crippen LogP contribution in [0.2, 0.25) is 0 Å². The molecule has 5 heteroatoms. The molecule has 0 fully saturated rings. The Kier molecular flexibility index (Phi) is 1.94. The van der Waals surface area contributed by atoms with E-state index in [1.165, 1.54) is 0 Å². The van der Waals surface area contributed by atoms with Crippen molar-refractivity contribution in [3.8, 4) is 0 Å². The van der Waals surface area contributed by atoms with E-state index >= 15 is 0 Å². The summed E-state index contributed by atoms with van der Waals surface area (Å²) in [6.45, 7) is 3.20. The zero-order chi connectivity index (χ0) is 11.1. The Morgan fingerprint density at radius 3 is 3.12 bits per heavy atom. The summed E-state index contributed by atoms with van der Waals surface area (Å²) in [5.41, 5.74) is 8.31. The van der Waals surface area contributed by atoms with E-state index in [4.69, 9.17) is 10.3 Å². The minimum Gasteiger partial charge on any atom is -0.356 e. The SMILES string of the molecule is Cc1noc2ccc3cnn(CCN)c3c12. The van der Waals surface area contributed by atoms with Crippen LogP contribution < -0.4 is 5.73 Å².